The standard InChI is InChI=1S/C13H18N4O2S/c1-2-6-14-8-11-4-3-5-12(7-11)17-20(18,19)13-9-15-16-10-13/h3-5,7,9-10,14,17H,2,6,8H2,1H3,(H,15,16). The van der Waals surface area contributed by atoms with Gasteiger partial charge >= 0.3 is 0 Å². The third-order valence-corrected chi connectivity index (χ3v) is 4.07. The molecule has 0 unspecified atom stereocenters. The topological polar surface area (TPSA) is 86.9 Å². The average Bonchev–Trinajstić information content (AvgIpc) is 2.94. The van der Waals surface area contributed by atoms with Crippen LogP contribution in [0.4, 0.5) is 5.69 Å². The first-order valence-corrected chi connectivity index (χ1v) is 7.91. The molecule has 3 N–H and O–H groups in total. The monoisotopic (exact) mass is 294 g/mol. The van der Waals surface area contributed by atoms with Gasteiger partial charge in [0.2, 0.25) is 0 Å². The highest BCUT2D eigenvalue weighted by atomic mass is 32.2. The Kier molecular flexibility index (Phi) is 4.75. The van der Waals surface area contributed by atoms with Crippen LogP contribution in [0, 0.1) is 0 Å². The van der Waals surface area contributed by atoms with Gasteiger partial charge in [0.05, 0.1) is 6.20 Å². The fourth-order valence-corrected chi connectivity index (χ4v) is 2.71. The molecule has 0 bridgehead atoms. The summed E-state index contributed by atoms with van der Waals surface area (Å²) in [6.07, 6.45) is 3.68. The summed E-state index contributed by atoms with van der Waals surface area (Å²) in [6, 6.07) is 7.33. The molecule has 0 fully saturated rings. The molecule has 0 saturated carbocycles. The van der Waals surface area contributed by atoms with Crippen LogP contribution in [0.2, 0.25) is 0 Å². The Morgan fingerprint density at radius 2 is 2.20 bits per heavy atom. The van der Waals surface area contributed by atoms with Crippen LogP contribution in [0.3, 0.4) is 0 Å². The number of aromatic amines is 1. The zero-order valence-corrected chi connectivity index (χ0v) is 12.1. The van der Waals surface area contributed by atoms with E-state index in [0.29, 0.717) is 5.69 Å². The smallest absolute Gasteiger partial charge is 0.265 e. The van der Waals surface area contributed by atoms with E-state index in [2.05, 4.69) is 27.2 Å². The van der Waals surface area contributed by atoms with E-state index in [0.717, 1.165) is 25.1 Å². The Hall–Kier alpha value is -1.86. The number of anilines is 1. The number of hydrogen-bond donors (Lipinski definition) is 3. The summed E-state index contributed by atoms with van der Waals surface area (Å²) < 4.78 is 26.6. The lowest BCUT2D eigenvalue weighted by Gasteiger charge is -2.08. The molecule has 0 aliphatic carbocycles. The molecule has 0 aliphatic heterocycles. The lowest BCUT2D eigenvalue weighted by Crippen LogP contribution is -2.15. The molecule has 0 saturated heterocycles. The van der Waals surface area contributed by atoms with E-state index in [1.165, 1.54) is 12.4 Å². The number of aromatic nitrogens is 2. The summed E-state index contributed by atoms with van der Waals surface area (Å²) in [7, 11) is -3.58. The van der Waals surface area contributed by atoms with E-state index in [-0.39, 0.29) is 4.90 Å². The fraction of sp³-hybridized carbons (Fsp3) is 0.308. The second-order valence-electron chi connectivity index (χ2n) is 4.42. The van der Waals surface area contributed by atoms with Gasteiger partial charge in [-0.25, -0.2) is 8.42 Å². The average molecular weight is 294 g/mol. The minimum Gasteiger partial charge on any atom is -0.313 e. The number of H-pyrrole nitrogens is 1. The van der Waals surface area contributed by atoms with Crippen molar-refractivity contribution in [2.75, 3.05) is 11.3 Å². The predicted molar refractivity (Wildman–Crippen MR) is 77.8 cm³/mol. The van der Waals surface area contributed by atoms with Crippen molar-refractivity contribution in [2.24, 2.45) is 0 Å². The molecule has 0 radical (unpaired) electrons. The van der Waals surface area contributed by atoms with Crippen molar-refractivity contribution in [1.82, 2.24) is 15.5 Å². The largest absolute Gasteiger partial charge is 0.313 e. The summed E-state index contributed by atoms with van der Waals surface area (Å²) in [5.41, 5.74) is 1.58. The van der Waals surface area contributed by atoms with Crippen molar-refractivity contribution < 1.29 is 8.42 Å². The molecule has 2 rings (SSSR count). The Morgan fingerprint density at radius 1 is 1.35 bits per heavy atom. The van der Waals surface area contributed by atoms with Gasteiger partial charge in [0.25, 0.3) is 10.0 Å². The zero-order chi connectivity index (χ0) is 14.4. The number of hydrogen-bond acceptors (Lipinski definition) is 4. The molecule has 0 amide bonds. The third-order valence-electron chi connectivity index (χ3n) is 2.72. The van der Waals surface area contributed by atoms with Gasteiger partial charge in [0.1, 0.15) is 4.90 Å². The van der Waals surface area contributed by atoms with E-state index < -0.39 is 10.0 Å². The maximum absolute atomic E-state index is 12.0. The van der Waals surface area contributed by atoms with E-state index in [4.69, 9.17) is 0 Å². The summed E-state index contributed by atoms with van der Waals surface area (Å²) in [5, 5.41) is 9.41. The second kappa shape index (κ2) is 6.53. The van der Waals surface area contributed by atoms with Crippen LogP contribution < -0.4 is 10.0 Å². The van der Waals surface area contributed by atoms with Crippen LogP contribution >= 0.6 is 0 Å². The SMILES string of the molecule is CCCNCc1cccc(NS(=O)(=O)c2cn[nH]c2)c1. The molecule has 7 heteroatoms. The van der Waals surface area contributed by atoms with Gasteiger partial charge in [-0.05, 0) is 30.7 Å². The second-order valence-corrected chi connectivity index (χ2v) is 6.10. The number of nitrogens with one attached hydrogen (secondary N) is 3. The van der Waals surface area contributed by atoms with Crippen LogP contribution in [0.25, 0.3) is 0 Å². The Bertz CT molecular complexity index is 638. The lowest BCUT2D eigenvalue weighted by molar-refractivity contribution is 0.601. The molecule has 1 aromatic heterocycles. The van der Waals surface area contributed by atoms with Crippen LogP contribution in [-0.4, -0.2) is 25.2 Å². The quantitative estimate of drug-likeness (QED) is 0.678. The van der Waals surface area contributed by atoms with Gasteiger partial charge in [-0.2, -0.15) is 5.10 Å². The third kappa shape index (κ3) is 3.82. The van der Waals surface area contributed by atoms with Crippen molar-refractivity contribution in [1.29, 1.82) is 0 Å². The summed E-state index contributed by atoms with van der Waals surface area (Å²) in [4.78, 5) is 0.118. The highest BCUT2D eigenvalue weighted by Crippen LogP contribution is 2.16. The highest BCUT2D eigenvalue weighted by molar-refractivity contribution is 7.92. The van der Waals surface area contributed by atoms with Crippen LogP contribution in [0.5, 0.6) is 0 Å². The number of sulfonamides is 1. The molecule has 0 spiro atoms. The molecule has 2 aromatic rings. The van der Waals surface area contributed by atoms with Gasteiger partial charge in [-0.3, -0.25) is 9.82 Å². The minimum atomic E-state index is -3.58. The molecular weight excluding hydrogens is 276 g/mol. The molecule has 1 heterocycles. The first-order chi connectivity index (χ1) is 9.62. The molecule has 20 heavy (non-hydrogen) atoms. The lowest BCUT2D eigenvalue weighted by atomic mass is 10.2. The van der Waals surface area contributed by atoms with Gasteiger partial charge in [0, 0.05) is 18.4 Å². The first kappa shape index (κ1) is 14.5. The molecule has 1 aromatic carbocycles. The Morgan fingerprint density at radius 3 is 2.90 bits per heavy atom. The Labute approximate surface area is 118 Å². The van der Waals surface area contributed by atoms with E-state index >= 15 is 0 Å². The number of rotatable bonds is 7. The normalized spacial score (nSPS) is 11.4. The molecule has 108 valence electrons. The van der Waals surface area contributed by atoms with Gasteiger partial charge < -0.3 is 5.32 Å². The van der Waals surface area contributed by atoms with Crippen LogP contribution in [-0.2, 0) is 16.6 Å². The van der Waals surface area contributed by atoms with E-state index in [1.807, 2.05) is 18.2 Å². The van der Waals surface area contributed by atoms with Gasteiger partial charge in [-0.1, -0.05) is 19.1 Å². The first-order valence-electron chi connectivity index (χ1n) is 6.43. The maximum atomic E-state index is 12.0. The van der Waals surface area contributed by atoms with Crippen molar-refractivity contribution >= 4 is 15.7 Å². The fourth-order valence-electron chi connectivity index (χ4n) is 1.75. The number of nitrogens with zero attached hydrogens (tertiary/aromatic N) is 1. The van der Waals surface area contributed by atoms with Crippen LogP contribution in [0.1, 0.15) is 18.9 Å². The van der Waals surface area contributed by atoms with E-state index in [9.17, 15) is 8.42 Å². The zero-order valence-electron chi connectivity index (χ0n) is 11.3. The highest BCUT2D eigenvalue weighted by Gasteiger charge is 2.15. The molecule has 6 nitrogen and oxygen atoms in total. The van der Waals surface area contributed by atoms with Crippen molar-refractivity contribution in [3.63, 3.8) is 0 Å². The van der Waals surface area contributed by atoms with Crippen LogP contribution in [0.15, 0.2) is 41.6 Å². The van der Waals surface area contributed by atoms with E-state index in [1.54, 1.807) is 6.07 Å². The van der Waals surface area contributed by atoms with Crippen molar-refractivity contribution in [2.45, 2.75) is 24.8 Å². The molecule has 0 aliphatic rings. The summed E-state index contributed by atoms with van der Waals surface area (Å²) in [5.74, 6) is 0. The van der Waals surface area contributed by atoms with Crippen molar-refractivity contribution in [3.05, 3.63) is 42.2 Å². The predicted octanol–water partition coefficient (Wildman–Crippen LogP) is 1.71. The Balaban J connectivity index is 2.08. The summed E-state index contributed by atoms with van der Waals surface area (Å²) in [6.45, 7) is 3.75. The number of benzene rings is 1. The minimum absolute atomic E-state index is 0.118. The maximum Gasteiger partial charge on any atom is 0.265 e. The molecule has 0 atom stereocenters. The summed E-state index contributed by atoms with van der Waals surface area (Å²) >= 11 is 0. The van der Waals surface area contributed by atoms with Gasteiger partial charge in [-0.15, -0.1) is 0 Å². The van der Waals surface area contributed by atoms with Crippen molar-refractivity contribution in [3.8, 4) is 0 Å². The molecular formula is C13H18N4O2S. The van der Waals surface area contributed by atoms with Gasteiger partial charge in [0.15, 0.2) is 0 Å².